The number of rotatable bonds is 2. The molecule has 21 heavy (non-hydrogen) atoms. The largest absolute Gasteiger partial charge is 0.491 e. The molecule has 0 saturated heterocycles. The lowest BCUT2D eigenvalue weighted by Crippen LogP contribution is -2.27. The quantitative estimate of drug-likeness (QED) is 0.483. The number of alkyl halides is 3. The molecule has 0 aliphatic carbocycles. The van der Waals surface area contributed by atoms with Crippen molar-refractivity contribution in [1.82, 2.24) is 10.2 Å². The summed E-state index contributed by atoms with van der Waals surface area (Å²) in [6.07, 6.45) is -5.25. The molecular formula is C11H4F4N2O3S. The van der Waals surface area contributed by atoms with Crippen LogP contribution < -0.4 is 0 Å². The van der Waals surface area contributed by atoms with Crippen molar-refractivity contribution < 1.29 is 31.9 Å². The molecule has 0 fully saturated rings. The monoisotopic (exact) mass is 320 g/mol. The Morgan fingerprint density at radius 2 is 1.81 bits per heavy atom. The van der Waals surface area contributed by atoms with Crippen LogP contribution in [0.5, 0.6) is 0 Å². The zero-order valence-electron chi connectivity index (χ0n) is 9.85. The first-order valence-corrected chi connectivity index (χ1v) is 6.02. The predicted octanol–water partition coefficient (Wildman–Crippen LogP) is 2.59. The summed E-state index contributed by atoms with van der Waals surface area (Å²) >= 11 is 0.733. The van der Waals surface area contributed by atoms with E-state index in [2.05, 4.69) is 14.9 Å². The van der Waals surface area contributed by atoms with Crippen LogP contribution in [0.2, 0.25) is 0 Å². The van der Waals surface area contributed by atoms with E-state index < -0.39 is 24.1 Å². The molecule has 2 aromatic rings. The third kappa shape index (κ3) is 3.60. The van der Waals surface area contributed by atoms with Crippen molar-refractivity contribution in [2.45, 2.75) is 6.18 Å². The van der Waals surface area contributed by atoms with E-state index in [1.807, 2.05) is 0 Å². The number of hydrogen-bond donors (Lipinski definition) is 0. The highest BCUT2D eigenvalue weighted by Crippen LogP contribution is 2.27. The number of carbonyl (C=O) groups is 2. The third-order valence-electron chi connectivity index (χ3n) is 2.11. The molecule has 0 unspecified atom stereocenters. The Balaban J connectivity index is 2.14. The van der Waals surface area contributed by atoms with E-state index in [4.69, 9.17) is 0 Å². The first-order chi connectivity index (χ1) is 9.77. The molecule has 0 saturated carbocycles. The molecule has 0 aromatic carbocycles. The van der Waals surface area contributed by atoms with Crippen LogP contribution in [0.1, 0.15) is 9.67 Å². The normalized spacial score (nSPS) is 11.2. The number of nitrogens with zero attached hydrogens (tertiary/aromatic N) is 2. The Labute approximate surface area is 118 Å². The Bertz CT molecular complexity index is 682. The molecule has 10 heteroatoms. The number of ether oxygens (including phenoxy) is 1. The number of esters is 2. The zero-order valence-corrected chi connectivity index (χ0v) is 10.7. The summed E-state index contributed by atoms with van der Waals surface area (Å²) in [6.45, 7) is 0. The predicted molar refractivity (Wildman–Crippen MR) is 61.8 cm³/mol. The van der Waals surface area contributed by atoms with Crippen molar-refractivity contribution in [1.29, 1.82) is 0 Å². The summed E-state index contributed by atoms with van der Waals surface area (Å²) in [5, 5.41) is 6.67. The number of hydrogen-bond acceptors (Lipinski definition) is 6. The van der Waals surface area contributed by atoms with E-state index in [1.165, 1.54) is 12.1 Å². The van der Waals surface area contributed by atoms with Crippen molar-refractivity contribution in [3.63, 3.8) is 0 Å². The summed E-state index contributed by atoms with van der Waals surface area (Å²) in [5.41, 5.74) is 0.225. The third-order valence-corrected chi connectivity index (χ3v) is 3.20. The van der Waals surface area contributed by atoms with Crippen LogP contribution in [0.15, 0.2) is 24.3 Å². The first kappa shape index (κ1) is 15.0. The Morgan fingerprint density at radius 1 is 1.10 bits per heavy atom. The standard InChI is InChI=1S/C11H4F4N2O3S/c12-8-4-1-5(16-17-8)6-2-3-7(21-6)9(18)20-10(19)11(13,14)15/h1-4H. The molecule has 2 heterocycles. The maximum Gasteiger partial charge on any atom is 0.491 e. The molecule has 0 bridgehead atoms. The van der Waals surface area contributed by atoms with Crippen molar-refractivity contribution in [2.24, 2.45) is 0 Å². The molecule has 110 valence electrons. The average Bonchev–Trinajstić information content (AvgIpc) is 2.88. The molecule has 2 aromatic heterocycles. The number of halogens is 4. The second-order valence-electron chi connectivity index (χ2n) is 3.58. The van der Waals surface area contributed by atoms with Crippen molar-refractivity contribution in [3.05, 3.63) is 35.1 Å². The smallest absolute Gasteiger partial charge is 0.382 e. The Kier molecular flexibility index (Phi) is 3.98. The topological polar surface area (TPSA) is 69.2 Å². The summed E-state index contributed by atoms with van der Waals surface area (Å²) < 4.78 is 52.2. The van der Waals surface area contributed by atoms with E-state index in [0.717, 1.165) is 23.5 Å². The maximum atomic E-state index is 12.6. The summed E-state index contributed by atoms with van der Waals surface area (Å²) in [4.78, 5) is 22.0. The zero-order chi connectivity index (χ0) is 15.6. The minimum absolute atomic E-state index is 0.225. The lowest BCUT2D eigenvalue weighted by molar-refractivity contribution is -0.193. The fraction of sp³-hybridized carbons (Fsp3) is 0.0909. The van der Waals surface area contributed by atoms with E-state index in [0.29, 0.717) is 4.88 Å². The Hall–Kier alpha value is -2.36. The van der Waals surface area contributed by atoms with E-state index in [1.54, 1.807) is 0 Å². The molecular weight excluding hydrogens is 316 g/mol. The minimum Gasteiger partial charge on any atom is -0.382 e. The van der Waals surface area contributed by atoms with Gasteiger partial charge in [0.15, 0.2) is 0 Å². The van der Waals surface area contributed by atoms with Gasteiger partial charge in [0, 0.05) is 0 Å². The highest BCUT2D eigenvalue weighted by Gasteiger charge is 2.42. The highest BCUT2D eigenvalue weighted by atomic mass is 32.1. The van der Waals surface area contributed by atoms with Crippen LogP contribution >= 0.6 is 11.3 Å². The fourth-order valence-electron chi connectivity index (χ4n) is 1.23. The maximum absolute atomic E-state index is 12.6. The van der Waals surface area contributed by atoms with Gasteiger partial charge < -0.3 is 4.74 Å². The first-order valence-electron chi connectivity index (χ1n) is 5.20. The Morgan fingerprint density at radius 3 is 2.38 bits per heavy atom. The molecule has 0 radical (unpaired) electrons. The van der Waals surface area contributed by atoms with Gasteiger partial charge in [0.05, 0.1) is 4.88 Å². The van der Waals surface area contributed by atoms with Crippen LogP contribution in [-0.4, -0.2) is 28.3 Å². The second kappa shape index (κ2) is 5.56. The number of aromatic nitrogens is 2. The van der Waals surface area contributed by atoms with Crippen molar-refractivity contribution in [2.75, 3.05) is 0 Å². The number of thiophene rings is 1. The molecule has 2 rings (SSSR count). The highest BCUT2D eigenvalue weighted by molar-refractivity contribution is 7.17. The van der Waals surface area contributed by atoms with Crippen molar-refractivity contribution in [3.8, 4) is 10.6 Å². The summed E-state index contributed by atoms with van der Waals surface area (Å²) in [6, 6.07) is 4.84. The van der Waals surface area contributed by atoms with Gasteiger partial charge in [-0.05, 0) is 24.3 Å². The summed E-state index contributed by atoms with van der Waals surface area (Å²) in [5.74, 6) is -4.82. The van der Waals surface area contributed by atoms with Gasteiger partial charge in [-0.2, -0.15) is 17.6 Å². The van der Waals surface area contributed by atoms with Crippen LogP contribution in [0.25, 0.3) is 10.6 Å². The van der Waals surface area contributed by atoms with E-state index in [-0.39, 0.29) is 10.6 Å². The van der Waals surface area contributed by atoms with Crippen LogP contribution in [0.4, 0.5) is 17.6 Å². The van der Waals surface area contributed by atoms with Gasteiger partial charge in [-0.3, -0.25) is 0 Å². The summed E-state index contributed by atoms with van der Waals surface area (Å²) in [7, 11) is 0. The molecule has 0 spiro atoms. The molecule has 0 N–H and O–H groups in total. The van der Waals surface area contributed by atoms with Crippen molar-refractivity contribution >= 4 is 23.3 Å². The van der Waals surface area contributed by atoms with Crippen LogP contribution in [0.3, 0.4) is 0 Å². The van der Waals surface area contributed by atoms with Gasteiger partial charge in [-0.1, -0.05) is 0 Å². The molecule has 0 amide bonds. The van der Waals surface area contributed by atoms with E-state index in [9.17, 15) is 27.2 Å². The van der Waals surface area contributed by atoms with Gasteiger partial charge in [0.1, 0.15) is 10.6 Å². The molecule has 5 nitrogen and oxygen atoms in total. The average molecular weight is 320 g/mol. The lowest BCUT2D eigenvalue weighted by Gasteiger charge is -2.03. The van der Waals surface area contributed by atoms with Gasteiger partial charge in [0.2, 0.25) is 5.95 Å². The SMILES string of the molecule is O=C(OC(=O)C(F)(F)F)c1ccc(-c2ccc(F)nn2)s1. The second-order valence-corrected chi connectivity index (χ2v) is 4.66. The minimum atomic E-state index is -5.25. The van der Waals surface area contributed by atoms with Gasteiger partial charge in [-0.25, -0.2) is 9.59 Å². The number of carbonyl (C=O) groups excluding carboxylic acids is 2. The van der Waals surface area contributed by atoms with Gasteiger partial charge in [-0.15, -0.1) is 21.5 Å². The van der Waals surface area contributed by atoms with Gasteiger partial charge >= 0.3 is 18.1 Å². The molecule has 0 aliphatic heterocycles. The fourth-order valence-corrected chi connectivity index (χ4v) is 2.07. The van der Waals surface area contributed by atoms with Crippen LogP contribution in [-0.2, 0) is 9.53 Å². The van der Waals surface area contributed by atoms with E-state index >= 15 is 0 Å². The molecule has 0 aliphatic rings. The van der Waals surface area contributed by atoms with Gasteiger partial charge in [0.25, 0.3) is 0 Å². The lowest BCUT2D eigenvalue weighted by atomic mass is 10.3. The molecule has 0 atom stereocenters. The van der Waals surface area contributed by atoms with Crippen LogP contribution in [0, 0.1) is 5.95 Å².